The first-order valence-electron chi connectivity index (χ1n) is 8.64. The number of rotatable bonds is 5. The van der Waals surface area contributed by atoms with Gasteiger partial charge in [-0.3, -0.25) is 14.8 Å². The first-order valence-corrected chi connectivity index (χ1v) is 9.52. The van der Waals surface area contributed by atoms with Crippen LogP contribution < -0.4 is 5.32 Å². The van der Waals surface area contributed by atoms with E-state index in [2.05, 4.69) is 15.3 Å². The molecular weight excluding hydrogens is 377 g/mol. The maximum Gasteiger partial charge on any atom is 0.254 e. The maximum atomic E-state index is 13.5. The molecule has 0 aliphatic rings. The molecule has 0 bridgehead atoms. The number of nitrogens with one attached hydrogen (secondary N) is 1. The van der Waals surface area contributed by atoms with Crippen molar-refractivity contribution in [2.24, 2.45) is 0 Å². The number of thiophene rings is 1. The lowest BCUT2D eigenvalue weighted by Crippen LogP contribution is -2.26. The van der Waals surface area contributed by atoms with Gasteiger partial charge in [-0.25, -0.2) is 4.39 Å². The fraction of sp³-hybridized carbons (Fsp3) is 0.0952. The molecule has 7 heteroatoms. The average Bonchev–Trinajstić information content (AvgIpc) is 3.17. The summed E-state index contributed by atoms with van der Waals surface area (Å²) >= 11 is 1.42. The Morgan fingerprint density at radius 2 is 1.86 bits per heavy atom. The summed E-state index contributed by atoms with van der Waals surface area (Å²) in [6.45, 7) is 0.0460. The van der Waals surface area contributed by atoms with Crippen molar-refractivity contribution in [3.8, 4) is 22.3 Å². The second kappa shape index (κ2) is 7.84. The van der Waals surface area contributed by atoms with E-state index in [9.17, 15) is 9.18 Å². The van der Waals surface area contributed by atoms with Crippen LogP contribution in [0.25, 0.3) is 32.5 Å². The Hall–Kier alpha value is -3.16. The minimum atomic E-state index is -0.310. The summed E-state index contributed by atoms with van der Waals surface area (Å²) in [7, 11) is 0. The van der Waals surface area contributed by atoms with Crippen molar-refractivity contribution >= 4 is 27.5 Å². The van der Waals surface area contributed by atoms with Gasteiger partial charge in [0.15, 0.2) is 0 Å². The molecule has 2 N–H and O–H groups in total. The molecule has 5 nitrogen and oxygen atoms in total. The molecule has 0 radical (unpaired) electrons. The normalized spacial score (nSPS) is 10.9. The number of hydrogen-bond donors (Lipinski definition) is 2. The molecule has 4 rings (SSSR count). The molecule has 28 heavy (non-hydrogen) atoms. The zero-order valence-electron chi connectivity index (χ0n) is 14.7. The standard InChI is InChI=1S/C21H16FN3O2S/c22-15-3-1-14(2-4-15)18-16(13-5-7-23-8-6-13)11-25-19-17(12-28-20(18)19)21(27)24-9-10-26/h1-8,11-12,26H,9-10H2,(H,24,27). The summed E-state index contributed by atoms with van der Waals surface area (Å²) in [4.78, 5) is 21.0. The lowest BCUT2D eigenvalue weighted by Gasteiger charge is -2.12. The first-order chi connectivity index (χ1) is 13.7. The first kappa shape index (κ1) is 18.2. The molecule has 0 unspecified atom stereocenters. The number of pyridine rings is 2. The second-order valence-electron chi connectivity index (χ2n) is 6.10. The van der Waals surface area contributed by atoms with Crippen molar-refractivity contribution < 1.29 is 14.3 Å². The Balaban J connectivity index is 1.94. The fourth-order valence-corrected chi connectivity index (χ4v) is 4.13. The van der Waals surface area contributed by atoms with Crippen LogP contribution in [-0.2, 0) is 0 Å². The number of nitrogens with zero attached hydrogens (tertiary/aromatic N) is 2. The molecule has 0 aliphatic heterocycles. The molecule has 0 atom stereocenters. The van der Waals surface area contributed by atoms with Crippen LogP contribution in [0.1, 0.15) is 10.4 Å². The van der Waals surface area contributed by atoms with Crippen LogP contribution in [0.5, 0.6) is 0 Å². The quantitative estimate of drug-likeness (QED) is 0.539. The van der Waals surface area contributed by atoms with Gasteiger partial charge in [-0.05, 0) is 35.4 Å². The van der Waals surface area contributed by atoms with Gasteiger partial charge in [0, 0.05) is 41.6 Å². The summed E-state index contributed by atoms with van der Waals surface area (Å²) in [5.74, 6) is -0.593. The highest BCUT2D eigenvalue weighted by Crippen LogP contribution is 2.40. The number of carbonyl (C=O) groups is 1. The van der Waals surface area contributed by atoms with Crippen molar-refractivity contribution in [2.45, 2.75) is 0 Å². The predicted octanol–water partition coefficient (Wildman–Crippen LogP) is 3.89. The minimum Gasteiger partial charge on any atom is -0.395 e. The molecule has 0 saturated carbocycles. The van der Waals surface area contributed by atoms with Crippen molar-refractivity contribution in [1.29, 1.82) is 0 Å². The number of benzene rings is 1. The number of halogens is 1. The van der Waals surface area contributed by atoms with Crippen molar-refractivity contribution in [3.63, 3.8) is 0 Å². The molecule has 140 valence electrons. The van der Waals surface area contributed by atoms with Crippen LogP contribution in [0.15, 0.2) is 60.4 Å². The van der Waals surface area contributed by atoms with Gasteiger partial charge in [-0.1, -0.05) is 12.1 Å². The van der Waals surface area contributed by atoms with Crippen LogP contribution in [-0.4, -0.2) is 34.1 Å². The largest absolute Gasteiger partial charge is 0.395 e. The highest BCUT2D eigenvalue weighted by molar-refractivity contribution is 7.18. The molecule has 0 aliphatic carbocycles. The molecule has 0 spiro atoms. The van der Waals surface area contributed by atoms with Gasteiger partial charge in [0.1, 0.15) is 5.82 Å². The summed E-state index contributed by atoms with van der Waals surface area (Å²) in [5, 5.41) is 13.4. The molecular formula is C21H16FN3O2S. The van der Waals surface area contributed by atoms with Crippen LogP contribution in [0.3, 0.4) is 0 Å². The van der Waals surface area contributed by atoms with Crippen molar-refractivity contribution in [2.75, 3.05) is 13.2 Å². The van der Waals surface area contributed by atoms with E-state index in [1.807, 2.05) is 12.1 Å². The maximum absolute atomic E-state index is 13.5. The van der Waals surface area contributed by atoms with E-state index in [1.54, 1.807) is 36.1 Å². The van der Waals surface area contributed by atoms with Crippen LogP contribution in [0.4, 0.5) is 4.39 Å². The molecule has 0 fully saturated rings. The highest BCUT2D eigenvalue weighted by atomic mass is 32.1. The van der Waals surface area contributed by atoms with Gasteiger partial charge < -0.3 is 10.4 Å². The number of amides is 1. The number of aromatic nitrogens is 2. The van der Waals surface area contributed by atoms with Crippen molar-refractivity contribution in [1.82, 2.24) is 15.3 Å². The lowest BCUT2D eigenvalue weighted by molar-refractivity contribution is 0.0946. The van der Waals surface area contributed by atoms with Gasteiger partial charge in [-0.15, -0.1) is 11.3 Å². The van der Waals surface area contributed by atoms with Crippen molar-refractivity contribution in [3.05, 3.63) is 71.7 Å². The van der Waals surface area contributed by atoms with Gasteiger partial charge in [0.25, 0.3) is 5.91 Å². The zero-order valence-corrected chi connectivity index (χ0v) is 15.5. The fourth-order valence-electron chi connectivity index (χ4n) is 3.05. The van der Waals surface area contributed by atoms with Crippen LogP contribution in [0.2, 0.25) is 0 Å². The molecule has 4 aromatic rings. The molecule has 3 aromatic heterocycles. The SMILES string of the molecule is O=C(NCCO)c1csc2c(-c3ccc(F)cc3)c(-c3ccncc3)cnc12. The van der Waals surface area contributed by atoms with E-state index in [0.29, 0.717) is 11.1 Å². The van der Waals surface area contributed by atoms with E-state index in [4.69, 9.17) is 5.11 Å². The van der Waals surface area contributed by atoms with E-state index in [1.165, 1.54) is 23.5 Å². The Bertz CT molecular complexity index is 1130. The number of aliphatic hydroxyl groups excluding tert-OH is 1. The smallest absolute Gasteiger partial charge is 0.254 e. The monoisotopic (exact) mass is 393 g/mol. The van der Waals surface area contributed by atoms with Gasteiger partial charge in [0.2, 0.25) is 0 Å². The number of hydrogen-bond acceptors (Lipinski definition) is 5. The van der Waals surface area contributed by atoms with E-state index in [-0.39, 0.29) is 24.9 Å². The lowest BCUT2D eigenvalue weighted by atomic mass is 9.96. The summed E-state index contributed by atoms with van der Waals surface area (Å²) in [6, 6.07) is 10.1. The van der Waals surface area contributed by atoms with Gasteiger partial charge >= 0.3 is 0 Å². The third-order valence-electron chi connectivity index (χ3n) is 4.35. The van der Waals surface area contributed by atoms with Crippen LogP contribution in [0, 0.1) is 5.82 Å². The molecule has 3 heterocycles. The minimum absolute atomic E-state index is 0.131. The van der Waals surface area contributed by atoms with Gasteiger partial charge in [-0.2, -0.15) is 0 Å². The topological polar surface area (TPSA) is 75.1 Å². The Morgan fingerprint density at radius 1 is 1.11 bits per heavy atom. The van der Waals surface area contributed by atoms with E-state index in [0.717, 1.165) is 27.0 Å². The summed E-state index contributed by atoms with van der Waals surface area (Å²) < 4.78 is 14.3. The van der Waals surface area contributed by atoms with E-state index >= 15 is 0 Å². The Kier molecular flexibility index (Phi) is 5.10. The van der Waals surface area contributed by atoms with E-state index < -0.39 is 0 Å². The number of aliphatic hydroxyl groups is 1. The third kappa shape index (κ3) is 3.37. The summed E-state index contributed by atoms with van der Waals surface area (Å²) in [5.41, 5.74) is 4.58. The highest BCUT2D eigenvalue weighted by Gasteiger charge is 2.19. The average molecular weight is 393 g/mol. The Morgan fingerprint density at radius 3 is 2.57 bits per heavy atom. The summed E-state index contributed by atoms with van der Waals surface area (Å²) in [6.07, 6.45) is 5.14. The predicted molar refractivity (Wildman–Crippen MR) is 108 cm³/mol. The number of carbonyl (C=O) groups excluding carboxylic acids is 1. The van der Waals surface area contributed by atoms with Crippen LogP contribution >= 0.6 is 11.3 Å². The third-order valence-corrected chi connectivity index (χ3v) is 5.34. The molecule has 0 saturated heterocycles. The molecule has 1 aromatic carbocycles. The Labute approximate surface area is 164 Å². The molecule has 1 amide bonds. The number of fused-ring (bicyclic) bond motifs is 1. The zero-order chi connectivity index (χ0) is 19.5. The van der Waals surface area contributed by atoms with Gasteiger partial charge in [0.05, 0.1) is 22.4 Å². The second-order valence-corrected chi connectivity index (χ2v) is 6.98.